The van der Waals surface area contributed by atoms with E-state index in [0.29, 0.717) is 0 Å². The van der Waals surface area contributed by atoms with Gasteiger partial charge in [0, 0.05) is 111 Å². The van der Waals surface area contributed by atoms with Crippen molar-refractivity contribution < 1.29 is 5.11 Å². The molecule has 280 valence electrons. The van der Waals surface area contributed by atoms with Gasteiger partial charge in [0.05, 0.1) is 6.61 Å². The highest BCUT2D eigenvalue weighted by Crippen LogP contribution is 2.12. The number of hydrogen-bond acceptors (Lipinski definition) is 10. The molecule has 0 saturated carbocycles. The lowest BCUT2D eigenvalue weighted by atomic mass is 10.3. The van der Waals surface area contributed by atoms with Gasteiger partial charge in [0.2, 0.25) is 0 Å². The van der Waals surface area contributed by atoms with Crippen LogP contribution in [-0.2, 0) is 0 Å². The van der Waals surface area contributed by atoms with E-state index in [1.165, 1.54) is 202 Å². The highest BCUT2D eigenvalue weighted by molar-refractivity contribution is 4.77. The molecule has 0 aliphatic carbocycles. The Hall–Kier alpha value is -0.400. The molecule has 0 aromatic rings. The smallest absolute Gasteiger partial charge is 0.0558 e. The molecule has 0 bridgehead atoms. The fourth-order valence-electron chi connectivity index (χ4n) is 8.78. The number of rotatable bonds is 26. The molecule has 0 spiro atoms. The Bertz CT molecular complexity index is 773. The topological polar surface area (TPSA) is 49.4 Å². The fraction of sp³-hybridized carbons (Fsp3) is 1.00. The molecule has 0 radical (unpaired) electrons. The van der Waals surface area contributed by atoms with Gasteiger partial charge in [0.25, 0.3) is 0 Å². The van der Waals surface area contributed by atoms with Crippen LogP contribution in [0.4, 0.5) is 0 Å². The minimum absolute atomic E-state index is 0.268. The van der Waals surface area contributed by atoms with Crippen LogP contribution in [0.1, 0.15) is 64.2 Å². The Morgan fingerprint density at radius 2 is 0.458 bits per heavy atom. The van der Waals surface area contributed by atoms with Crippen LogP contribution < -0.4 is 0 Å². The Morgan fingerprint density at radius 3 is 0.667 bits per heavy atom. The summed E-state index contributed by atoms with van der Waals surface area (Å²) in [6.45, 7) is 33.0. The molecule has 10 nitrogen and oxygen atoms in total. The maximum Gasteiger partial charge on any atom is 0.0558 e. The molecule has 5 saturated heterocycles. The monoisotopic (exact) mass is 676 g/mol. The molecule has 5 heterocycles. The molecule has 5 fully saturated rings. The molecular formula is C38H77N9O. The Balaban J connectivity index is 1.14. The van der Waals surface area contributed by atoms with Gasteiger partial charge in [0.1, 0.15) is 0 Å². The van der Waals surface area contributed by atoms with Crippen LogP contribution in [-0.4, -0.2) is 233 Å². The number of likely N-dealkylation sites (tertiary alicyclic amines) is 5. The van der Waals surface area contributed by atoms with E-state index in [9.17, 15) is 5.11 Å². The van der Waals surface area contributed by atoms with Crippen LogP contribution in [0, 0.1) is 0 Å². The standard InChI is InChI=1S/C38H77N9O/c48-38-37-47(35-25-43-19-9-10-20-43)36-34-46(29-24-42-17-7-8-18-42)33-32-45(28-23-41-15-5-6-16-41)31-30-44(26-21-39-11-1-2-12-39)27-22-40-13-3-4-14-40/h48H,1-38H2. The quantitative estimate of drug-likeness (QED) is 0.147. The summed E-state index contributed by atoms with van der Waals surface area (Å²) < 4.78 is 0. The van der Waals surface area contributed by atoms with Crippen molar-refractivity contribution in [1.82, 2.24) is 44.1 Å². The zero-order valence-electron chi connectivity index (χ0n) is 31.3. The van der Waals surface area contributed by atoms with Gasteiger partial charge in [-0.1, -0.05) is 0 Å². The summed E-state index contributed by atoms with van der Waals surface area (Å²) >= 11 is 0. The average Bonchev–Trinajstić information content (AvgIpc) is 3.96. The lowest BCUT2D eigenvalue weighted by Gasteiger charge is -2.33. The van der Waals surface area contributed by atoms with Gasteiger partial charge in [-0.05, 0) is 130 Å². The zero-order chi connectivity index (χ0) is 33.1. The maximum atomic E-state index is 9.87. The second-order valence-electron chi connectivity index (χ2n) is 15.8. The molecule has 10 heteroatoms. The summed E-state index contributed by atoms with van der Waals surface area (Å²) in [6, 6.07) is 0. The van der Waals surface area contributed by atoms with Crippen molar-refractivity contribution in [1.29, 1.82) is 0 Å². The largest absolute Gasteiger partial charge is 0.395 e. The average molecular weight is 676 g/mol. The van der Waals surface area contributed by atoms with Crippen molar-refractivity contribution in [2.45, 2.75) is 64.2 Å². The van der Waals surface area contributed by atoms with E-state index in [1.54, 1.807) is 0 Å². The first-order valence-corrected chi connectivity index (χ1v) is 20.9. The lowest BCUT2D eigenvalue weighted by Crippen LogP contribution is -2.47. The number of aliphatic hydroxyl groups excluding tert-OH is 1. The van der Waals surface area contributed by atoms with Crippen molar-refractivity contribution in [2.24, 2.45) is 0 Å². The number of aliphatic hydroxyl groups is 1. The third kappa shape index (κ3) is 15.1. The molecule has 0 amide bonds. The number of nitrogens with zero attached hydrogens (tertiary/aromatic N) is 9. The summed E-state index contributed by atoms with van der Waals surface area (Å²) in [5, 5.41) is 9.87. The van der Waals surface area contributed by atoms with Crippen LogP contribution in [0.5, 0.6) is 0 Å². The van der Waals surface area contributed by atoms with Gasteiger partial charge in [-0.3, -0.25) is 19.6 Å². The zero-order valence-corrected chi connectivity index (χ0v) is 31.3. The van der Waals surface area contributed by atoms with E-state index in [4.69, 9.17) is 0 Å². The summed E-state index contributed by atoms with van der Waals surface area (Å²) in [7, 11) is 0. The highest BCUT2D eigenvalue weighted by Gasteiger charge is 2.21. The van der Waals surface area contributed by atoms with E-state index in [0.717, 1.165) is 39.3 Å². The predicted molar refractivity (Wildman–Crippen MR) is 201 cm³/mol. The second-order valence-corrected chi connectivity index (χ2v) is 15.8. The number of hydrogen-bond donors (Lipinski definition) is 1. The van der Waals surface area contributed by atoms with E-state index in [1.807, 2.05) is 0 Å². The highest BCUT2D eigenvalue weighted by atomic mass is 16.3. The van der Waals surface area contributed by atoms with Crippen LogP contribution in [0.3, 0.4) is 0 Å². The Labute approximate surface area is 296 Å². The molecular weight excluding hydrogens is 598 g/mol. The van der Waals surface area contributed by atoms with Crippen molar-refractivity contribution >= 4 is 0 Å². The van der Waals surface area contributed by atoms with Crippen LogP contribution >= 0.6 is 0 Å². The first kappa shape index (κ1) is 38.8. The van der Waals surface area contributed by atoms with Crippen LogP contribution in [0.25, 0.3) is 0 Å². The molecule has 48 heavy (non-hydrogen) atoms. The van der Waals surface area contributed by atoms with Gasteiger partial charge >= 0.3 is 0 Å². The molecule has 0 atom stereocenters. The lowest BCUT2D eigenvalue weighted by molar-refractivity contribution is 0.128. The third-order valence-corrected chi connectivity index (χ3v) is 12.3. The summed E-state index contributed by atoms with van der Waals surface area (Å²) in [5.41, 5.74) is 0. The van der Waals surface area contributed by atoms with E-state index in [2.05, 4.69) is 44.1 Å². The van der Waals surface area contributed by atoms with Gasteiger partial charge in [-0.2, -0.15) is 0 Å². The SMILES string of the molecule is OCCN(CCN1CCCC1)CCN(CCN1CCCC1)CCN(CCN1CCCC1)CCN(CCN1CCCC1)CCN1CCCC1. The molecule has 5 aliphatic heterocycles. The van der Waals surface area contributed by atoms with E-state index >= 15 is 0 Å². The molecule has 5 aliphatic rings. The summed E-state index contributed by atoms with van der Waals surface area (Å²) in [5.74, 6) is 0. The van der Waals surface area contributed by atoms with Gasteiger partial charge < -0.3 is 29.6 Å². The second kappa shape index (κ2) is 23.2. The first-order valence-electron chi connectivity index (χ1n) is 20.9. The third-order valence-electron chi connectivity index (χ3n) is 12.3. The van der Waals surface area contributed by atoms with E-state index in [-0.39, 0.29) is 6.61 Å². The Kier molecular flexibility index (Phi) is 18.8. The van der Waals surface area contributed by atoms with E-state index < -0.39 is 0 Å². The first-order chi connectivity index (χ1) is 23.7. The van der Waals surface area contributed by atoms with Crippen molar-refractivity contribution in [3.05, 3.63) is 0 Å². The van der Waals surface area contributed by atoms with Crippen LogP contribution in [0.15, 0.2) is 0 Å². The van der Waals surface area contributed by atoms with Gasteiger partial charge in [-0.25, -0.2) is 0 Å². The molecule has 0 aromatic heterocycles. The minimum Gasteiger partial charge on any atom is -0.395 e. The van der Waals surface area contributed by atoms with Crippen molar-refractivity contribution in [2.75, 3.05) is 183 Å². The maximum absolute atomic E-state index is 9.87. The molecule has 0 aromatic carbocycles. The van der Waals surface area contributed by atoms with Crippen molar-refractivity contribution in [3.63, 3.8) is 0 Å². The fourth-order valence-corrected chi connectivity index (χ4v) is 8.78. The van der Waals surface area contributed by atoms with Gasteiger partial charge in [0.15, 0.2) is 0 Å². The predicted octanol–water partition coefficient (Wildman–Crippen LogP) is 1.67. The summed E-state index contributed by atoms with van der Waals surface area (Å²) in [4.78, 5) is 24.4. The van der Waals surface area contributed by atoms with Gasteiger partial charge in [-0.15, -0.1) is 0 Å². The summed E-state index contributed by atoms with van der Waals surface area (Å²) in [6.07, 6.45) is 13.8. The molecule has 0 unspecified atom stereocenters. The normalized spacial score (nSPS) is 22.4. The van der Waals surface area contributed by atoms with Crippen molar-refractivity contribution in [3.8, 4) is 0 Å². The molecule has 1 N–H and O–H groups in total. The Morgan fingerprint density at radius 1 is 0.271 bits per heavy atom. The minimum atomic E-state index is 0.268. The van der Waals surface area contributed by atoms with Crippen LogP contribution in [0.2, 0.25) is 0 Å². The molecule has 5 rings (SSSR count).